The third-order valence-corrected chi connectivity index (χ3v) is 7.65. The van der Waals surface area contributed by atoms with Crippen LogP contribution >= 0.6 is 0 Å². The zero-order valence-electron chi connectivity index (χ0n) is 23.3. The number of nitrogens with two attached hydrogens (primary N) is 1. The van der Waals surface area contributed by atoms with Gasteiger partial charge in [0.15, 0.2) is 17.6 Å². The van der Waals surface area contributed by atoms with Gasteiger partial charge in [-0.05, 0) is 24.3 Å². The topological polar surface area (TPSA) is 193 Å². The van der Waals surface area contributed by atoms with Crippen LogP contribution < -0.4 is 29.9 Å². The molecule has 0 saturated carbocycles. The van der Waals surface area contributed by atoms with Crippen molar-refractivity contribution in [1.82, 2.24) is 4.72 Å². The zero-order valence-corrected chi connectivity index (χ0v) is 24.1. The minimum absolute atomic E-state index is 0.129. The van der Waals surface area contributed by atoms with Crippen molar-refractivity contribution >= 4 is 28.3 Å². The van der Waals surface area contributed by atoms with Gasteiger partial charge in [0.2, 0.25) is 10.0 Å². The fourth-order valence-corrected chi connectivity index (χ4v) is 5.07. The van der Waals surface area contributed by atoms with E-state index in [4.69, 9.17) is 24.5 Å². The number of likely N-dealkylation sites (N-methyl/N-ethyl adjacent to an activating group) is 1. The number of carboxylic acids is 2. The zero-order chi connectivity index (χ0) is 34.2. The second-order valence-electron chi connectivity index (χ2n) is 9.42. The number of carbonyl (C=O) groups excluding carboxylic acids is 2. The Labute approximate surface area is 252 Å². The molecule has 0 amide bonds. The van der Waals surface area contributed by atoms with Crippen LogP contribution in [0.4, 0.5) is 26.3 Å². The van der Waals surface area contributed by atoms with Crippen molar-refractivity contribution in [2.75, 3.05) is 20.1 Å². The number of halogens is 6. The van der Waals surface area contributed by atoms with Gasteiger partial charge in [0.1, 0.15) is 29.5 Å². The van der Waals surface area contributed by atoms with Crippen LogP contribution in [0.15, 0.2) is 64.2 Å². The fourth-order valence-electron chi connectivity index (χ4n) is 3.96. The highest BCUT2D eigenvalue weighted by Crippen LogP contribution is 2.32. The molecular weight excluding hydrogens is 640 g/mol. The molecule has 4 rings (SSSR count). The lowest BCUT2D eigenvalue weighted by Crippen LogP contribution is -3.11. The van der Waals surface area contributed by atoms with Gasteiger partial charge in [0, 0.05) is 31.5 Å². The predicted molar refractivity (Wildman–Crippen MR) is 137 cm³/mol. The van der Waals surface area contributed by atoms with Gasteiger partial charge in [0.05, 0.1) is 30.3 Å². The lowest BCUT2D eigenvalue weighted by molar-refractivity contribution is -0.799. The lowest BCUT2D eigenvalue weighted by Gasteiger charge is -2.29. The Morgan fingerprint density at radius 3 is 2.20 bits per heavy atom. The standard InChI is InChI=1S/C22H23N5O3S.2C2HF3O2/c1-22(21-14-24-15-27(21)2)17-8-7-16(13-23)20(11-17)30-18-5-3-6-19(12-18)31(28,29)26-10-4-9-25-22;2*3-2(4,5)1(6)7/h3,5-8,11-12,14-15,25-26H,4,9-10H2,1-2H3;2*(H,6,7). The number of hydrogen-bond acceptors (Lipinski definition) is 9. The van der Waals surface area contributed by atoms with E-state index in [0.717, 1.165) is 16.2 Å². The molecule has 244 valence electrons. The van der Waals surface area contributed by atoms with E-state index in [1.54, 1.807) is 18.2 Å². The molecule has 2 atom stereocenters. The molecule has 45 heavy (non-hydrogen) atoms. The SMILES string of the molecule is C[NH+]1C=NC=C1C1(C)[NH2+]CCCNS(=O)(=O)c2cccc(c2)Oc2cc1ccc2C#N.O=C([O-])C(F)(F)F.O=C([O-])C(F)(F)F. The molecule has 2 aliphatic heterocycles. The average Bonchev–Trinajstić information content (AvgIpc) is 3.38. The van der Waals surface area contributed by atoms with E-state index < -0.39 is 39.9 Å². The van der Waals surface area contributed by atoms with Gasteiger partial charge in [0.25, 0.3) is 0 Å². The Morgan fingerprint density at radius 1 is 1.09 bits per heavy atom. The minimum atomic E-state index is -5.19. The number of nitrogens with zero attached hydrogens (tertiary/aromatic N) is 2. The van der Waals surface area contributed by atoms with Crippen molar-refractivity contribution in [3.63, 3.8) is 0 Å². The summed E-state index contributed by atoms with van der Waals surface area (Å²) in [5.41, 5.74) is 1.95. The normalized spacial score (nSPS) is 20.8. The molecule has 0 radical (unpaired) electrons. The molecule has 4 bridgehead atoms. The monoisotopic (exact) mass is 665 g/mol. The van der Waals surface area contributed by atoms with Gasteiger partial charge in [-0.25, -0.2) is 18.1 Å². The van der Waals surface area contributed by atoms with Crippen LogP contribution in [0.5, 0.6) is 11.5 Å². The summed E-state index contributed by atoms with van der Waals surface area (Å²) < 4.78 is 97.1. The highest BCUT2D eigenvalue weighted by molar-refractivity contribution is 7.89. The molecule has 2 heterocycles. The van der Waals surface area contributed by atoms with E-state index in [1.807, 2.05) is 31.7 Å². The smallest absolute Gasteiger partial charge is 0.430 e. The van der Waals surface area contributed by atoms with Gasteiger partial charge in [-0.1, -0.05) is 12.1 Å². The van der Waals surface area contributed by atoms with Gasteiger partial charge in [-0.15, -0.1) is 0 Å². The summed E-state index contributed by atoms with van der Waals surface area (Å²) in [6, 6.07) is 14.0. The van der Waals surface area contributed by atoms with Crippen molar-refractivity contribution in [2.24, 2.45) is 4.99 Å². The summed E-state index contributed by atoms with van der Waals surface area (Å²) in [4.78, 5) is 23.1. The number of nitriles is 1. The van der Waals surface area contributed by atoms with E-state index in [-0.39, 0.29) is 4.90 Å². The molecule has 2 aromatic rings. The summed E-state index contributed by atoms with van der Waals surface area (Å²) in [6.45, 7) is 3.13. The van der Waals surface area contributed by atoms with Crippen LogP contribution in [0.2, 0.25) is 0 Å². The number of aliphatic carboxylic acids is 2. The Morgan fingerprint density at radius 2 is 1.69 bits per heavy atom. The summed E-state index contributed by atoms with van der Waals surface area (Å²) in [6.07, 6.45) is -6.04. The molecule has 4 N–H and O–H groups in total. The van der Waals surface area contributed by atoms with Crippen molar-refractivity contribution in [3.8, 4) is 17.6 Å². The molecule has 0 spiro atoms. The number of carbonyl (C=O) groups is 2. The molecule has 19 heteroatoms. The van der Waals surface area contributed by atoms with Crippen molar-refractivity contribution in [2.45, 2.75) is 36.1 Å². The third kappa shape index (κ3) is 10.0. The fraction of sp³-hybridized carbons (Fsp3) is 0.308. The van der Waals surface area contributed by atoms with E-state index in [2.05, 4.69) is 28.0 Å². The highest BCUT2D eigenvalue weighted by atomic mass is 32.2. The molecule has 0 aromatic heterocycles. The number of sulfonamides is 1. The maximum atomic E-state index is 12.7. The van der Waals surface area contributed by atoms with Crippen molar-refractivity contribution in [3.05, 3.63) is 65.5 Å². The Kier molecular flexibility index (Phi) is 11.8. The number of ether oxygens (including phenoxy) is 1. The maximum absolute atomic E-state index is 12.7. The highest BCUT2D eigenvalue weighted by Gasteiger charge is 2.43. The van der Waals surface area contributed by atoms with Crippen LogP contribution in [0.3, 0.4) is 0 Å². The number of hydrogen-bond donors (Lipinski definition) is 3. The number of benzene rings is 2. The summed E-state index contributed by atoms with van der Waals surface area (Å²) >= 11 is 0. The lowest BCUT2D eigenvalue weighted by atomic mass is 9.87. The number of aliphatic imine (C=N–C) groups is 1. The second-order valence-corrected chi connectivity index (χ2v) is 11.2. The van der Waals surface area contributed by atoms with Crippen LogP contribution in [0.25, 0.3) is 0 Å². The van der Waals surface area contributed by atoms with Crippen LogP contribution in [0.1, 0.15) is 24.5 Å². The number of nitrogens with one attached hydrogen (secondary N) is 2. The average molecular weight is 666 g/mol. The summed E-state index contributed by atoms with van der Waals surface area (Å²) in [5.74, 6) is -5.28. The number of alkyl halides is 6. The van der Waals surface area contributed by atoms with Crippen LogP contribution in [-0.2, 0) is 25.2 Å². The van der Waals surface area contributed by atoms with E-state index in [1.165, 1.54) is 12.1 Å². The first-order valence-electron chi connectivity index (χ1n) is 12.5. The second kappa shape index (κ2) is 14.5. The van der Waals surface area contributed by atoms with Gasteiger partial charge in [-0.3, -0.25) is 4.90 Å². The molecule has 12 nitrogen and oxygen atoms in total. The largest absolute Gasteiger partial charge is 0.542 e. The Bertz CT molecular complexity index is 1600. The molecule has 0 aliphatic carbocycles. The van der Waals surface area contributed by atoms with Gasteiger partial charge < -0.3 is 29.9 Å². The van der Waals surface area contributed by atoms with Gasteiger partial charge in [-0.2, -0.15) is 31.6 Å². The van der Waals surface area contributed by atoms with E-state index >= 15 is 0 Å². The Balaban J connectivity index is 0.000000421. The molecule has 0 fully saturated rings. The van der Waals surface area contributed by atoms with Crippen LogP contribution in [0, 0.1) is 11.3 Å². The first-order chi connectivity index (χ1) is 20.7. The van der Waals surface area contributed by atoms with E-state index in [9.17, 15) is 40.0 Å². The number of carboxylic acid groups (broad SMARTS) is 2. The molecule has 2 aromatic carbocycles. The first kappa shape index (κ1) is 36.7. The predicted octanol–water partition coefficient (Wildman–Crippen LogP) is -1.19. The molecular formula is C26H25F6N5O7S. The number of fused-ring (bicyclic) bond motifs is 4. The first-order valence-corrected chi connectivity index (χ1v) is 14.0. The van der Waals surface area contributed by atoms with Crippen molar-refractivity contribution in [1.29, 1.82) is 5.26 Å². The third-order valence-electron chi connectivity index (χ3n) is 6.19. The maximum Gasteiger partial charge on any atom is 0.430 e. The number of quaternary nitrogens is 2. The quantitative estimate of drug-likeness (QED) is 0.317. The summed E-state index contributed by atoms with van der Waals surface area (Å²) in [7, 11) is -1.63. The summed E-state index contributed by atoms with van der Waals surface area (Å²) in [5, 5.41) is 29.4. The van der Waals surface area contributed by atoms with Crippen LogP contribution in [-0.4, -0.2) is 59.2 Å². The molecule has 2 unspecified atom stereocenters. The molecule has 2 aliphatic rings. The van der Waals surface area contributed by atoms with Crippen molar-refractivity contribution < 1.29 is 69.5 Å². The Hall–Kier alpha value is -4.51. The molecule has 0 saturated heterocycles. The number of rotatable bonds is 1. The van der Waals surface area contributed by atoms with E-state index in [0.29, 0.717) is 36.6 Å². The minimum Gasteiger partial charge on any atom is -0.542 e. The van der Waals surface area contributed by atoms with Gasteiger partial charge >= 0.3 is 12.4 Å².